The number of sulfone groups is 1. The number of hydrogen-bond acceptors (Lipinski definition) is 7. The number of aromatic nitrogens is 5. The van der Waals surface area contributed by atoms with E-state index in [0.717, 1.165) is 6.33 Å². The maximum atomic E-state index is 13.2. The summed E-state index contributed by atoms with van der Waals surface area (Å²) in [6.45, 7) is -0.501. The van der Waals surface area contributed by atoms with Crippen LogP contribution in [0.4, 0.5) is 26.3 Å². The molecule has 33 heavy (non-hydrogen) atoms. The topological polar surface area (TPSA) is 93.9 Å². The molecule has 1 aliphatic rings. The van der Waals surface area contributed by atoms with Crippen LogP contribution < -0.4 is 0 Å². The molecule has 0 spiro atoms. The van der Waals surface area contributed by atoms with Gasteiger partial charge >= 0.3 is 12.4 Å². The van der Waals surface area contributed by atoms with Crippen LogP contribution in [0.3, 0.4) is 0 Å². The third-order valence-electron chi connectivity index (χ3n) is 4.86. The van der Waals surface area contributed by atoms with Crippen LogP contribution in [0.2, 0.25) is 0 Å². The molecular weight excluding hydrogens is 478 g/mol. The van der Waals surface area contributed by atoms with Gasteiger partial charge in [0.15, 0.2) is 15.7 Å². The van der Waals surface area contributed by atoms with E-state index in [1.54, 1.807) is 0 Å². The third-order valence-corrected chi connectivity index (χ3v) is 6.41. The molecule has 0 unspecified atom stereocenters. The van der Waals surface area contributed by atoms with E-state index in [0.29, 0.717) is 12.1 Å². The lowest BCUT2D eigenvalue weighted by atomic mass is 10.0. The van der Waals surface area contributed by atoms with Gasteiger partial charge in [-0.05, 0) is 29.8 Å². The number of nitrogens with zero attached hydrogens (tertiary/aromatic N) is 6. The summed E-state index contributed by atoms with van der Waals surface area (Å²) in [4.78, 5) is 13.3. The van der Waals surface area contributed by atoms with E-state index in [9.17, 15) is 34.8 Å². The number of alkyl halides is 6. The van der Waals surface area contributed by atoms with Crippen LogP contribution in [-0.2, 0) is 28.7 Å². The summed E-state index contributed by atoms with van der Waals surface area (Å²) in [6.07, 6.45) is -6.08. The highest BCUT2D eigenvalue weighted by Crippen LogP contribution is 2.38. The quantitative estimate of drug-likeness (QED) is 0.517. The van der Waals surface area contributed by atoms with Crippen molar-refractivity contribution in [3.05, 3.63) is 65.5 Å². The van der Waals surface area contributed by atoms with Gasteiger partial charge in [-0.15, -0.1) is 0 Å². The molecule has 4 rings (SSSR count). The molecule has 0 bridgehead atoms. The fraction of sp³-hybridized carbons (Fsp3) is 0.333. The molecule has 1 aromatic carbocycles. The first-order valence-corrected chi connectivity index (χ1v) is 11.1. The second-order valence-corrected chi connectivity index (χ2v) is 9.37. The molecular formula is C18H14F6N6O2S. The Bertz CT molecular complexity index is 1230. The summed E-state index contributed by atoms with van der Waals surface area (Å²) < 4.78 is 105. The van der Waals surface area contributed by atoms with Crippen LogP contribution in [0.1, 0.15) is 28.6 Å². The lowest BCUT2D eigenvalue weighted by Gasteiger charge is -2.23. The zero-order valence-electron chi connectivity index (χ0n) is 16.4. The Morgan fingerprint density at radius 3 is 2.12 bits per heavy atom. The van der Waals surface area contributed by atoms with E-state index in [2.05, 4.69) is 20.1 Å². The normalized spacial score (nSPS) is 19.2. The van der Waals surface area contributed by atoms with Gasteiger partial charge in [0.1, 0.15) is 12.2 Å². The van der Waals surface area contributed by atoms with Gasteiger partial charge in [0, 0.05) is 18.9 Å². The smallest absolute Gasteiger partial charge is 0.274 e. The predicted octanol–water partition coefficient (Wildman–Crippen LogP) is 3.02. The Labute approximate surface area is 182 Å². The fourth-order valence-electron chi connectivity index (χ4n) is 3.51. The van der Waals surface area contributed by atoms with Gasteiger partial charge in [-0.1, -0.05) is 0 Å². The average molecular weight is 492 g/mol. The van der Waals surface area contributed by atoms with Crippen LogP contribution in [-0.4, -0.2) is 49.7 Å². The summed E-state index contributed by atoms with van der Waals surface area (Å²) >= 11 is 0. The standard InChI is InChI=1S/C18H14F6N6O2S/c19-17(20,21)12-4-11(5-13(6-12)18(22,23)24)7-29-10-33(31,32)8-14(29)15-27-9-28-30(15)16-25-2-1-3-26-16/h1-6,9,14H,7-8,10H2/t14-/m0/s1. The van der Waals surface area contributed by atoms with Crippen LogP contribution in [0.5, 0.6) is 0 Å². The Morgan fingerprint density at radius 2 is 1.55 bits per heavy atom. The molecule has 0 N–H and O–H groups in total. The lowest BCUT2D eigenvalue weighted by molar-refractivity contribution is -0.143. The van der Waals surface area contributed by atoms with Crippen LogP contribution in [0, 0.1) is 0 Å². The number of hydrogen-bond donors (Lipinski definition) is 0. The number of rotatable bonds is 4. The molecule has 1 saturated heterocycles. The summed E-state index contributed by atoms with van der Waals surface area (Å²) in [5, 5.41) is 3.97. The number of halogens is 6. The second kappa shape index (κ2) is 8.06. The van der Waals surface area contributed by atoms with E-state index in [-0.39, 0.29) is 23.4 Å². The van der Waals surface area contributed by atoms with Crippen LogP contribution in [0.15, 0.2) is 43.0 Å². The Morgan fingerprint density at radius 1 is 0.939 bits per heavy atom. The van der Waals surface area contributed by atoms with E-state index in [4.69, 9.17) is 0 Å². The first-order chi connectivity index (χ1) is 15.3. The minimum absolute atomic E-state index is 0.0189. The van der Waals surface area contributed by atoms with E-state index >= 15 is 0 Å². The average Bonchev–Trinajstić information content (AvgIpc) is 3.31. The van der Waals surface area contributed by atoms with Crippen molar-refractivity contribution in [3.8, 4) is 5.95 Å². The molecule has 3 aromatic rings. The lowest BCUT2D eigenvalue weighted by Crippen LogP contribution is -2.27. The highest BCUT2D eigenvalue weighted by Gasteiger charge is 2.41. The maximum absolute atomic E-state index is 13.2. The van der Waals surface area contributed by atoms with Crippen LogP contribution in [0.25, 0.3) is 5.95 Å². The molecule has 3 heterocycles. The zero-order chi connectivity index (χ0) is 24.0. The van der Waals surface area contributed by atoms with Crippen molar-refractivity contribution in [2.45, 2.75) is 24.9 Å². The SMILES string of the molecule is O=S1(=O)C[C@@H](c2ncnn2-c2ncccn2)N(Cc2cc(C(F)(F)F)cc(C(F)(F)F)c2)C1. The van der Waals surface area contributed by atoms with Gasteiger partial charge in [0.05, 0.1) is 22.9 Å². The minimum atomic E-state index is -5.02. The van der Waals surface area contributed by atoms with Crippen molar-refractivity contribution in [1.29, 1.82) is 0 Å². The van der Waals surface area contributed by atoms with Gasteiger partial charge in [-0.25, -0.2) is 23.4 Å². The highest BCUT2D eigenvalue weighted by atomic mass is 32.2. The molecule has 8 nitrogen and oxygen atoms in total. The van der Waals surface area contributed by atoms with Crippen molar-refractivity contribution in [3.63, 3.8) is 0 Å². The molecule has 0 aliphatic carbocycles. The van der Waals surface area contributed by atoms with E-state index in [1.807, 2.05) is 0 Å². The maximum Gasteiger partial charge on any atom is 0.416 e. The molecule has 1 atom stereocenters. The first kappa shape index (κ1) is 23.1. The van der Waals surface area contributed by atoms with Gasteiger partial charge < -0.3 is 0 Å². The second-order valence-electron chi connectivity index (χ2n) is 7.29. The summed E-state index contributed by atoms with van der Waals surface area (Å²) in [5.74, 6) is -0.876. The van der Waals surface area contributed by atoms with Gasteiger partial charge in [-0.3, -0.25) is 4.90 Å². The predicted molar refractivity (Wildman–Crippen MR) is 100 cm³/mol. The molecule has 0 radical (unpaired) electrons. The van der Waals surface area contributed by atoms with E-state index in [1.165, 1.54) is 28.0 Å². The summed E-state index contributed by atoms with van der Waals surface area (Å²) in [7, 11) is -3.71. The molecule has 15 heteroatoms. The third kappa shape index (κ3) is 4.98. The Kier molecular flexibility index (Phi) is 5.64. The molecule has 0 saturated carbocycles. The monoisotopic (exact) mass is 492 g/mol. The van der Waals surface area contributed by atoms with Crippen LogP contribution >= 0.6 is 0 Å². The first-order valence-electron chi connectivity index (χ1n) is 9.24. The van der Waals surface area contributed by atoms with Gasteiger partial charge in [-0.2, -0.15) is 36.1 Å². The van der Waals surface area contributed by atoms with Crippen molar-refractivity contribution >= 4 is 9.84 Å². The zero-order valence-corrected chi connectivity index (χ0v) is 17.2. The van der Waals surface area contributed by atoms with E-state index < -0.39 is 57.5 Å². The molecule has 2 aromatic heterocycles. The summed E-state index contributed by atoms with van der Waals surface area (Å²) in [5.41, 5.74) is -3.31. The molecule has 1 aliphatic heterocycles. The Balaban J connectivity index is 1.73. The van der Waals surface area contributed by atoms with Crippen molar-refractivity contribution < 1.29 is 34.8 Å². The molecule has 1 fully saturated rings. The fourth-order valence-corrected chi connectivity index (χ4v) is 5.24. The van der Waals surface area contributed by atoms with Crippen molar-refractivity contribution in [2.75, 3.05) is 11.6 Å². The molecule has 176 valence electrons. The van der Waals surface area contributed by atoms with Gasteiger partial charge in [0.2, 0.25) is 0 Å². The Hall–Kier alpha value is -3.07. The summed E-state index contributed by atoms with van der Waals surface area (Å²) in [6, 6.07) is 1.71. The van der Waals surface area contributed by atoms with Crippen molar-refractivity contribution in [1.82, 2.24) is 29.6 Å². The molecule has 0 amide bonds. The minimum Gasteiger partial charge on any atom is -0.274 e. The largest absolute Gasteiger partial charge is 0.416 e. The van der Waals surface area contributed by atoms with Gasteiger partial charge in [0.25, 0.3) is 5.95 Å². The highest BCUT2D eigenvalue weighted by molar-refractivity contribution is 7.91. The number of benzene rings is 1. The van der Waals surface area contributed by atoms with Crippen molar-refractivity contribution in [2.24, 2.45) is 0 Å².